The van der Waals surface area contributed by atoms with Crippen LogP contribution < -0.4 is 14.8 Å². The zero-order valence-corrected chi connectivity index (χ0v) is 14.8. The molecular weight excluding hydrogens is 357 g/mol. The summed E-state index contributed by atoms with van der Waals surface area (Å²) in [6.45, 7) is 2.65. The summed E-state index contributed by atoms with van der Waals surface area (Å²) in [7, 11) is 0. The van der Waals surface area contributed by atoms with Gasteiger partial charge in [-0.25, -0.2) is 4.39 Å². The highest BCUT2D eigenvalue weighted by molar-refractivity contribution is 7.15. The summed E-state index contributed by atoms with van der Waals surface area (Å²) in [5.41, 5.74) is 0.493. The predicted octanol–water partition coefficient (Wildman–Crippen LogP) is 3.91. The molecule has 1 amide bonds. The number of ether oxygens (including phenoxy) is 2. The van der Waals surface area contributed by atoms with Gasteiger partial charge in [0.25, 0.3) is 5.91 Å². The molecule has 0 atom stereocenters. The number of rotatable bonds is 7. The minimum absolute atomic E-state index is 0.183. The van der Waals surface area contributed by atoms with E-state index in [0.29, 0.717) is 33.8 Å². The first-order chi connectivity index (χ1) is 12.6. The Morgan fingerprint density at radius 2 is 1.69 bits per heavy atom. The second-order valence-corrected chi connectivity index (χ2v) is 6.22. The Kier molecular flexibility index (Phi) is 5.75. The largest absolute Gasteiger partial charge is 0.494 e. The van der Waals surface area contributed by atoms with Gasteiger partial charge in [-0.3, -0.25) is 10.1 Å². The van der Waals surface area contributed by atoms with Crippen LogP contribution in [-0.4, -0.2) is 22.7 Å². The molecule has 0 spiro atoms. The Morgan fingerprint density at radius 1 is 1.04 bits per heavy atom. The summed E-state index contributed by atoms with van der Waals surface area (Å²) < 4.78 is 23.7. The molecule has 1 heterocycles. The SMILES string of the molecule is CCOc1ccc(C(=O)Nc2nnc(COc3ccc(F)cc3)s2)cc1. The van der Waals surface area contributed by atoms with Crippen LogP contribution in [0.5, 0.6) is 11.5 Å². The number of nitrogens with zero attached hydrogens (tertiary/aromatic N) is 2. The Hall–Kier alpha value is -3.00. The molecule has 26 heavy (non-hydrogen) atoms. The molecule has 0 unspecified atom stereocenters. The van der Waals surface area contributed by atoms with Crippen molar-refractivity contribution in [2.75, 3.05) is 11.9 Å². The van der Waals surface area contributed by atoms with Gasteiger partial charge in [-0.1, -0.05) is 11.3 Å². The third-order valence-corrected chi connectivity index (χ3v) is 4.10. The van der Waals surface area contributed by atoms with Gasteiger partial charge in [0.1, 0.15) is 23.9 Å². The molecule has 0 aliphatic heterocycles. The predicted molar refractivity (Wildman–Crippen MR) is 96.2 cm³/mol. The molecule has 0 saturated carbocycles. The maximum Gasteiger partial charge on any atom is 0.257 e. The van der Waals surface area contributed by atoms with Crippen LogP contribution in [0, 0.1) is 5.82 Å². The topological polar surface area (TPSA) is 73.3 Å². The summed E-state index contributed by atoms with van der Waals surface area (Å²) in [5, 5.41) is 11.6. The van der Waals surface area contributed by atoms with Crippen molar-refractivity contribution in [1.29, 1.82) is 0 Å². The van der Waals surface area contributed by atoms with Crippen molar-refractivity contribution >= 4 is 22.4 Å². The molecule has 0 aliphatic rings. The number of carbonyl (C=O) groups excluding carboxylic acids is 1. The standard InChI is InChI=1S/C18H16FN3O3S/c1-2-24-14-7-3-12(4-8-14)17(23)20-18-22-21-16(26-18)11-25-15-9-5-13(19)6-10-15/h3-10H,2,11H2,1H3,(H,20,22,23). The van der Waals surface area contributed by atoms with Gasteiger partial charge in [-0.05, 0) is 55.5 Å². The van der Waals surface area contributed by atoms with E-state index in [9.17, 15) is 9.18 Å². The van der Waals surface area contributed by atoms with Crippen LogP contribution in [0.2, 0.25) is 0 Å². The molecule has 2 aromatic carbocycles. The van der Waals surface area contributed by atoms with E-state index in [1.807, 2.05) is 6.92 Å². The molecular formula is C18H16FN3O3S. The molecule has 0 saturated heterocycles. The summed E-state index contributed by atoms with van der Waals surface area (Å²) in [4.78, 5) is 12.2. The Balaban J connectivity index is 1.55. The molecule has 8 heteroatoms. The first-order valence-corrected chi connectivity index (χ1v) is 8.70. The van der Waals surface area contributed by atoms with E-state index in [4.69, 9.17) is 9.47 Å². The van der Waals surface area contributed by atoms with E-state index in [-0.39, 0.29) is 18.3 Å². The van der Waals surface area contributed by atoms with Crippen molar-refractivity contribution in [3.8, 4) is 11.5 Å². The molecule has 3 aromatic rings. The van der Waals surface area contributed by atoms with Gasteiger partial charge in [0.2, 0.25) is 5.13 Å². The van der Waals surface area contributed by atoms with Gasteiger partial charge in [0.15, 0.2) is 5.01 Å². The average Bonchev–Trinajstić information content (AvgIpc) is 3.09. The highest BCUT2D eigenvalue weighted by atomic mass is 32.1. The van der Waals surface area contributed by atoms with Gasteiger partial charge in [-0.15, -0.1) is 10.2 Å². The molecule has 1 N–H and O–H groups in total. The van der Waals surface area contributed by atoms with E-state index < -0.39 is 0 Å². The van der Waals surface area contributed by atoms with Crippen molar-refractivity contribution in [3.63, 3.8) is 0 Å². The Morgan fingerprint density at radius 3 is 2.38 bits per heavy atom. The molecule has 0 aliphatic carbocycles. The van der Waals surface area contributed by atoms with Gasteiger partial charge in [0, 0.05) is 5.56 Å². The first-order valence-electron chi connectivity index (χ1n) is 7.89. The number of hydrogen-bond donors (Lipinski definition) is 1. The zero-order chi connectivity index (χ0) is 18.4. The highest BCUT2D eigenvalue weighted by Gasteiger charge is 2.11. The number of hydrogen-bond acceptors (Lipinski definition) is 6. The van der Waals surface area contributed by atoms with Crippen LogP contribution in [0.4, 0.5) is 9.52 Å². The number of carbonyl (C=O) groups is 1. The number of nitrogens with one attached hydrogen (secondary N) is 1. The number of halogens is 1. The van der Waals surface area contributed by atoms with Gasteiger partial charge < -0.3 is 9.47 Å². The van der Waals surface area contributed by atoms with Crippen molar-refractivity contribution in [2.45, 2.75) is 13.5 Å². The second kappa shape index (κ2) is 8.39. The maximum atomic E-state index is 12.9. The number of anilines is 1. The monoisotopic (exact) mass is 373 g/mol. The fourth-order valence-corrected chi connectivity index (χ4v) is 2.72. The summed E-state index contributed by atoms with van der Waals surface area (Å²) in [6.07, 6.45) is 0. The minimum Gasteiger partial charge on any atom is -0.494 e. The Bertz CT molecular complexity index is 866. The van der Waals surface area contributed by atoms with Crippen LogP contribution in [-0.2, 0) is 6.61 Å². The van der Waals surface area contributed by atoms with Crippen molar-refractivity contribution in [2.24, 2.45) is 0 Å². The van der Waals surface area contributed by atoms with Gasteiger partial charge in [-0.2, -0.15) is 0 Å². The van der Waals surface area contributed by atoms with Crippen molar-refractivity contribution in [3.05, 3.63) is 64.9 Å². The lowest BCUT2D eigenvalue weighted by Gasteiger charge is -2.04. The molecule has 1 aromatic heterocycles. The van der Waals surface area contributed by atoms with Crippen LogP contribution in [0.25, 0.3) is 0 Å². The summed E-state index contributed by atoms with van der Waals surface area (Å²) in [6, 6.07) is 12.5. The van der Waals surface area contributed by atoms with E-state index >= 15 is 0 Å². The van der Waals surface area contributed by atoms with Crippen LogP contribution in [0.15, 0.2) is 48.5 Å². The molecule has 134 valence electrons. The van der Waals surface area contributed by atoms with Crippen LogP contribution >= 0.6 is 11.3 Å². The fourth-order valence-electron chi connectivity index (χ4n) is 2.08. The normalized spacial score (nSPS) is 10.4. The quantitative estimate of drug-likeness (QED) is 0.680. The van der Waals surface area contributed by atoms with E-state index in [0.717, 1.165) is 0 Å². The lowest BCUT2D eigenvalue weighted by Crippen LogP contribution is -2.11. The Labute approximate surface area is 153 Å². The van der Waals surface area contributed by atoms with Crippen molar-refractivity contribution < 1.29 is 18.7 Å². The third-order valence-electron chi connectivity index (χ3n) is 3.29. The smallest absolute Gasteiger partial charge is 0.257 e. The number of aromatic nitrogens is 2. The summed E-state index contributed by atoms with van der Waals surface area (Å²) >= 11 is 1.21. The maximum absolute atomic E-state index is 12.9. The first kappa shape index (κ1) is 17.8. The molecule has 0 radical (unpaired) electrons. The molecule has 0 fully saturated rings. The summed E-state index contributed by atoms with van der Waals surface area (Å²) in [5.74, 6) is 0.629. The van der Waals surface area contributed by atoms with Gasteiger partial charge >= 0.3 is 0 Å². The second-order valence-electron chi connectivity index (χ2n) is 5.16. The van der Waals surface area contributed by atoms with Crippen LogP contribution in [0.3, 0.4) is 0 Å². The molecule has 6 nitrogen and oxygen atoms in total. The lowest BCUT2D eigenvalue weighted by molar-refractivity contribution is 0.102. The fraction of sp³-hybridized carbons (Fsp3) is 0.167. The number of benzene rings is 2. The minimum atomic E-state index is -0.326. The van der Waals surface area contributed by atoms with Crippen molar-refractivity contribution in [1.82, 2.24) is 10.2 Å². The van der Waals surface area contributed by atoms with E-state index in [1.165, 1.54) is 35.6 Å². The number of amides is 1. The van der Waals surface area contributed by atoms with E-state index in [1.54, 1.807) is 24.3 Å². The third kappa shape index (κ3) is 4.76. The van der Waals surface area contributed by atoms with Crippen LogP contribution in [0.1, 0.15) is 22.3 Å². The van der Waals surface area contributed by atoms with Gasteiger partial charge in [0.05, 0.1) is 6.61 Å². The zero-order valence-electron chi connectivity index (χ0n) is 13.9. The average molecular weight is 373 g/mol. The highest BCUT2D eigenvalue weighted by Crippen LogP contribution is 2.20. The molecule has 3 rings (SSSR count). The molecule has 0 bridgehead atoms. The lowest BCUT2D eigenvalue weighted by atomic mass is 10.2. The van der Waals surface area contributed by atoms with E-state index in [2.05, 4.69) is 15.5 Å².